The molecule has 0 radical (unpaired) electrons. The summed E-state index contributed by atoms with van der Waals surface area (Å²) in [6, 6.07) is 0.586. The lowest BCUT2D eigenvalue weighted by Gasteiger charge is -2.22. The van der Waals surface area contributed by atoms with E-state index in [4.69, 9.17) is 4.98 Å². The molecule has 0 bridgehead atoms. The number of aromatic nitrogens is 2. The average Bonchev–Trinajstić information content (AvgIpc) is 3.62. The van der Waals surface area contributed by atoms with Crippen molar-refractivity contribution in [3.8, 4) is 0 Å². The zero-order valence-corrected chi connectivity index (χ0v) is 35.3. The largest absolute Gasteiger partial charge is 0.332 e. The van der Waals surface area contributed by atoms with E-state index in [2.05, 4.69) is 44.7 Å². The molecule has 0 aromatic carbocycles. The zero-order valence-electron chi connectivity index (χ0n) is 35.3. The summed E-state index contributed by atoms with van der Waals surface area (Å²) in [4.78, 5) is 5.06. The fraction of sp³-hybridized carbons (Fsp3) is 0.938. The van der Waals surface area contributed by atoms with Crippen molar-refractivity contribution in [1.29, 1.82) is 0 Å². The summed E-state index contributed by atoms with van der Waals surface area (Å²) in [7, 11) is 0. The van der Waals surface area contributed by atoms with Gasteiger partial charge in [-0.1, -0.05) is 252 Å². The van der Waals surface area contributed by atoms with Crippen LogP contribution in [0.5, 0.6) is 0 Å². The maximum absolute atomic E-state index is 5.06. The summed E-state index contributed by atoms with van der Waals surface area (Å²) in [6.07, 6.45) is 60.1. The standard InChI is InChI=1S/C48H94N2/c1-5-8-11-14-17-20-23-24-25-26-27-28-31-34-37-40-43-47(42-39-36-33-30-22-19-16-13-10-7-3)48-49-44-45-50(48)46(4)41-38-35-32-29-21-18-15-12-9-6-2/h44-47H,5-43H2,1-4H3. The smallest absolute Gasteiger partial charge is 0.111 e. The fourth-order valence-corrected chi connectivity index (χ4v) is 8.30. The molecule has 50 heavy (non-hydrogen) atoms. The maximum atomic E-state index is 5.06. The van der Waals surface area contributed by atoms with E-state index < -0.39 is 0 Å². The molecule has 2 atom stereocenters. The van der Waals surface area contributed by atoms with Gasteiger partial charge < -0.3 is 4.57 Å². The van der Waals surface area contributed by atoms with Crippen molar-refractivity contribution in [2.75, 3.05) is 0 Å². The Morgan fingerprint density at radius 2 is 0.640 bits per heavy atom. The molecule has 296 valence electrons. The molecule has 0 amide bonds. The van der Waals surface area contributed by atoms with E-state index in [1.807, 2.05) is 0 Å². The Kier molecular flexibility index (Phi) is 35.8. The lowest BCUT2D eigenvalue weighted by molar-refractivity contribution is 0.412. The molecule has 2 nitrogen and oxygen atoms in total. The van der Waals surface area contributed by atoms with Crippen molar-refractivity contribution in [3.05, 3.63) is 18.2 Å². The van der Waals surface area contributed by atoms with Gasteiger partial charge >= 0.3 is 0 Å². The van der Waals surface area contributed by atoms with Gasteiger partial charge in [-0.25, -0.2) is 4.98 Å². The van der Waals surface area contributed by atoms with Crippen molar-refractivity contribution in [2.24, 2.45) is 0 Å². The predicted octanol–water partition coefficient (Wildman–Crippen LogP) is 17.8. The summed E-state index contributed by atoms with van der Waals surface area (Å²) in [5.74, 6) is 2.07. The molecule has 1 aromatic heterocycles. The third kappa shape index (κ3) is 28.8. The molecule has 0 aliphatic heterocycles. The van der Waals surface area contributed by atoms with E-state index in [9.17, 15) is 0 Å². The number of hydrogen-bond acceptors (Lipinski definition) is 1. The second-order valence-corrected chi connectivity index (χ2v) is 16.8. The molecule has 0 saturated carbocycles. The Hall–Kier alpha value is -0.790. The molecular weight excluding hydrogens is 605 g/mol. The average molecular weight is 699 g/mol. The van der Waals surface area contributed by atoms with Gasteiger partial charge in [0.1, 0.15) is 5.82 Å². The molecule has 2 heteroatoms. The first-order valence-corrected chi connectivity index (χ1v) is 23.8. The number of hydrogen-bond donors (Lipinski definition) is 0. The second-order valence-electron chi connectivity index (χ2n) is 16.8. The van der Waals surface area contributed by atoms with Gasteiger partial charge in [-0.2, -0.15) is 0 Å². The van der Waals surface area contributed by atoms with Crippen LogP contribution in [0.2, 0.25) is 0 Å². The van der Waals surface area contributed by atoms with Crippen LogP contribution in [0.15, 0.2) is 12.4 Å². The SMILES string of the molecule is CCCCCCCCCCCCCCCCCCC(CCCCCCCCCCCC)c1nccn1C(C)CCCCCCCCCCCC. The van der Waals surface area contributed by atoms with Crippen LogP contribution in [0.4, 0.5) is 0 Å². The van der Waals surface area contributed by atoms with Gasteiger partial charge in [0.15, 0.2) is 0 Å². The summed E-state index contributed by atoms with van der Waals surface area (Å²) < 4.78 is 2.60. The summed E-state index contributed by atoms with van der Waals surface area (Å²) in [5.41, 5.74) is 0. The van der Waals surface area contributed by atoms with E-state index in [1.165, 1.54) is 256 Å². The second kappa shape index (κ2) is 38.0. The minimum atomic E-state index is 0.586. The topological polar surface area (TPSA) is 17.8 Å². The molecule has 1 rings (SSSR count). The highest BCUT2D eigenvalue weighted by Crippen LogP contribution is 2.31. The number of unbranched alkanes of at least 4 members (excludes halogenated alkanes) is 33. The van der Waals surface area contributed by atoms with Gasteiger partial charge in [0, 0.05) is 24.4 Å². The summed E-state index contributed by atoms with van der Waals surface area (Å²) >= 11 is 0. The molecule has 0 fully saturated rings. The first-order valence-electron chi connectivity index (χ1n) is 23.8. The highest BCUT2D eigenvalue weighted by molar-refractivity contribution is 5.02. The molecule has 0 N–H and O–H groups in total. The van der Waals surface area contributed by atoms with Crippen molar-refractivity contribution in [1.82, 2.24) is 9.55 Å². The third-order valence-corrected chi connectivity index (χ3v) is 11.8. The lowest BCUT2D eigenvalue weighted by Crippen LogP contribution is -2.13. The van der Waals surface area contributed by atoms with Gasteiger partial charge in [-0.3, -0.25) is 0 Å². The molecule has 1 heterocycles. The Labute approximate surface area is 316 Å². The molecule has 0 aliphatic rings. The highest BCUT2D eigenvalue weighted by atomic mass is 15.1. The maximum Gasteiger partial charge on any atom is 0.111 e. The normalized spacial score (nSPS) is 13.0. The molecule has 1 aromatic rings. The van der Waals surface area contributed by atoms with Crippen LogP contribution in [0.25, 0.3) is 0 Å². The van der Waals surface area contributed by atoms with Crippen molar-refractivity contribution < 1.29 is 0 Å². The number of nitrogens with zero attached hydrogens (tertiary/aromatic N) is 2. The van der Waals surface area contributed by atoms with Crippen molar-refractivity contribution in [3.63, 3.8) is 0 Å². The predicted molar refractivity (Wildman–Crippen MR) is 227 cm³/mol. The summed E-state index contributed by atoms with van der Waals surface area (Å²) in [6.45, 7) is 9.41. The van der Waals surface area contributed by atoms with E-state index in [-0.39, 0.29) is 0 Å². The fourth-order valence-electron chi connectivity index (χ4n) is 8.30. The van der Waals surface area contributed by atoms with E-state index in [1.54, 1.807) is 0 Å². The molecule has 2 unspecified atom stereocenters. The molecule has 0 spiro atoms. The van der Waals surface area contributed by atoms with Crippen LogP contribution < -0.4 is 0 Å². The minimum absolute atomic E-state index is 0.586. The number of rotatable bonds is 41. The van der Waals surface area contributed by atoms with Gasteiger partial charge in [0.2, 0.25) is 0 Å². The van der Waals surface area contributed by atoms with Gasteiger partial charge in [-0.05, 0) is 26.2 Å². The first kappa shape index (κ1) is 47.2. The van der Waals surface area contributed by atoms with Gasteiger partial charge in [-0.15, -0.1) is 0 Å². The Morgan fingerprint density at radius 1 is 0.380 bits per heavy atom. The Morgan fingerprint density at radius 3 is 0.940 bits per heavy atom. The van der Waals surface area contributed by atoms with Crippen LogP contribution in [0.1, 0.15) is 296 Å². The third-order valence-electron chi connectivity index (χ3n) is 11.8. The van der Waals surface area contributed by atoms with Crippen LogP contribution in [-0.4, -0.2) is 9.55 Å². The number of imidazole rings is 1. The zero-order chi connectivity index (χ0) is 36.0. The monoisotopic (exact) mass is 699 g/mol. The summed E-state index contributed by atoms with van der Waals surface area (Å²) in [5, 5.41) is 0. The first-order chi connectivity index (χ1) is 24.7. The van der Waals surface area contributed by atoms with Crippen LogP contribution in [-0.2, 0) is 0 Å². The Bertz CT molecular complexity index is 768. The van der Waals surface area contributed by atoms with Crippen LogP contribution in [0.3, 0.4) is 0 Å². The van der Waals surface area contributed by atoms with Crippen molar-refractivity contribution >= 4 is 0 Å². The molecular formula is C48H94N2. The van der Waals surface area contributed by atoms with Crippen LogP contribution >= 0.6 is 0 Å². The van der Waals surface area contributed by atoms with E-state index in [0.717, 1.165) is 0 Å². The van der Waals surface area contributed by atoms with Gasteiger partial charge in [0.05, 0.1) is 0 Å². The minimum Gasteiger partial charge on any atom is -0.332 e. The molecule has 0 aliphatic carbocycles. The lowest BCUT2D eigenvalue weighted by atomic mass is 9.92. The van der Waals surface area contributed by atoms with E-state index in [0.29, 0.717) is 12.0 Å². The Balaban J connectivity index is 2.35. The van der Waals surface area contributed by atoms with Gasteiger partial charge in [0.25, 0.3) is 0 Å². The molecule has 0 saturated heterocycles. The van der Waals surface area contributed by atoms with Crippen molar-refractivity contribution in [2.45, 2.75) is 290 Å². The van der Waals surface area contributed by atoms with E-state index >= 15 is 0 Å². The quantitative estimate of drug-likeness (QED) is 0.0623. The highest BCUT2D eigenvalue weighted by Gasteiger charge is 2.19. The van der Waals surface area contributed by atoms with Crippen LogP contribution in [0, 0.1) is 0 Å².